The van der Waals surface area contributed by atoms with E-state index in [1.54, 1.807) is 6.07 Å². The minimum Gasteiger partial charge on any atom is -0.329 e. The van der Waals surface area contributed by atoms with Crippen molar-refractivity contribution in [2.45, 2.75) is 12.8 Å². The summed E-state index contributed by atoms with van der Waals surface area (Å²) in [6.45, 7) is 0.796. The molecule has 0 aromatic heterocycles. The van der Waals surface area contributed by atoms with E-state index in [0.717, 1.165) is 25.1 Å². The molecular weight excluding hydrogens is 203 g/mol. The van der Waals surface area contributed by atoms with E-state index in [9.17, 15) is 4.39 Å². The summed E-state index contributed by atoms with van der Waals surface area (Å²) >= 11 is 5.90. The molecule has 0 saturated carbocycles. The van der Waals surface area contributed by atoms with Crippen molar-refractivity contribution >= 4 is 23.1 Å². The van der Waals surface area contributed by atoms with Crippen molar-refractivity contribution in [3.05, 3.63) is 29.0 Å². The topological polar surface area (TPSA) is 27.1 Å². The fourth-order valence-corrected chi connectivity index (χ4v) is 1.91. The molecule has 0 bridgehead atoms. The number of amidine groups is 1. The van der Waals surface area contributed by atoms with Gasteiger partial charge in [-0.25, -0.2) is 4.39 Å². The number of hydrogen-bond donors (Lipinski definition) is 1. The zero-order chi connectivity index (χ0) is 10.1. The number of nitrogens with one attached hydrogen (secondary N) is 1. The molecule has 74 valence electrons. The Morgan fingerprint density at radius 1 is 1.43 bits per heavy atom. The van der Waals surface area contributed by atoms with E-state index in [-0.39, 0.29) is 5.82 Å². The molecule has 1 aromatic carbocycles. The lowest BCUT2D eigenvalue weighted by atomic mass is 10.3. The maximum Gasteiger partial charge on any atom is 0.124 e. The fraction of sp³-hybridized carbons (Fsp3) is 0.300. The van der Waals surface area contributed by atoms with Crippen LogP contribution in [0.15, 0.2) is 18.2 Å². The number of anilines is 1. The highest BCUT2D eigenvalue weighted by molar-refractivity contribution is 6.33. The lowest BCUT2D eigenvalue weighted by molar-refractivity contribution is 0.628. The molecule has 1 saturated heterocycles. The van der Waals surface area contributed by atoms with Gasteiger partial charge in [0.2, 0.25) is 0 Å². The summed E-state index contributed by atoms with van der Waals surface area (Å²) in [5.41, 5.74) is 0.732. The normalized spacial score (nSPS) is 16.4. The van der Waals surface area contributed by atoms with Crippen LogP contribution in [-0.2, 0) is 0 Å². The van der Waals surface area contributed by atoms with Crippen molar-refractivity contribution in [2.24, 2.45) is 0 Å². The van der Waals surface area contributed by atoms with Gasteiger partial charge in [0.05, 0.1) is 10.7 Å². The van der Waals surface area contributed by atoms with Gasteiger partial charge < -0.3 is 4.90 Å². The fourth-order valence-electron chi connectivity index (χ4n) is 1.64. The van der Waals surface area contributed by atoms with Crippen molar-refractivity contribution in [1.29, 1.82) is 5.41 Å². The van der Waals surface area contributed by atoms with Gasteiger partial charge in [0.15, 0.2) is 0 Å². The molecule has 0 unspecified atom stereocenters. The van der Waals surface area contributed by atoms with Gasteiger partial charge in [0, 0.05) is 13.0 Å². The quantitative estimate of drug-likeness (QED) is 0.761. The zero-order valence-electron chi connectivity index (χ0n) is 7.56. The van der Waals surface area contributed by atoms with Crippen LogP contribution in [0.1, 0.15) is 12.8 Å². The summed E-state index contributed by atoms with van der Waals surface area (Å²) in [6.07, 6.45) is 1.74. The van der Waals surface area contributed by atoms with Gasteiger partial charge in [-0.3, -0.25) is 5.41 Å². The number of rotatable bonds is 1. The van der Waals surface area contributed by atoms with Crippen LogP contribution in [0.4, 0.5) is 10.1 Å². The standard InChI is InChI=1S/C10H10ClFN2/c11-8-6-7(12)3-4-9(8)14-5-1-2-10(14)13/h3-4,6,13H,1-2,5H2. The van der Waals surface area contributed by atoms with E-state index in [1.807, 2.05) is 4.90 Å². The Hall–Kier alpha value is -1.09. The maximum absolute atomic E-state index is 12.8. The van der Waals surface area contributed by atoms with Crippen LogP contribution in [0.5, 0.6) is 0 Å². The molecule has 14 heavy (non-hydrogen) atoms. The first-order chi connectivity index (χ1) is 6.68. The van der Waals surface area contributed by atoms with Crippen molar-refractivity contribution in [3.63, 3.8) is 0 Å². The average molecular weight is 213 g/mol. The third-order valence-corrected chi connectivity index (χ3v) is 2.62. The molecule has 1 heterocycles. The molecule has 0 aliphatic carbocycles. The lowest BCUT2D eigenvalue weighted by Gasteiger charge is -2.18. The second kappa shape index (κ2) is 3.58. The lowest BCUT2D eigenvalue weighted by Crippen LogP contribution is -2.23. The van der Waals surface area contributed by atoms with E-state index in [2.05, 4.69) is 0 Å². The van der Waals surface area contributed by atoms with E-state index in [4.69, 9.17) is 17.0 Å². The van der Waals surface area contributed by atoms with Crippen LogP contribution >= 0.6 is 11.6 Å². The average Bonchev–Trinajstić information content (AvgIpc) is 2.52. The summed E-state index contributed by atoms with van der Waals surface area (Å²) in [7, 11) is 0. The predicted molar refractivity (Wildman–Crippen MR) is 55.7 cm³/mol. The van der Waals surface area contributed by atoms with E-state index in [0.29, 0.717) is 10.9 Å². The molecule has 1 fully saturated rings. The van der Waals surface area contributed by atoms with Gasteiger partial charge in [0.1, 0.15) is 11.7 Å². The molecule has 1 aliphatic heterocycles. The summed E-state index contributed by atoms with van der Waals surface area (Å²) in [5.74, 6) is 0.211. The van der Waals surface area contributed by atoms with E-state index in [1.165, 1.54) is 12.1 Å². The highest BCUT2D eigenvalue weighted by atomic mass is 35.5. The van der Waals surface area contributed by atoms with Crippen LogP contribution in [0.25, 0.3) is 0 Å². The first-order valence-electron chi connectivity index (χ1n) is 4.48. The Morgan fingerprint density at radius 3 is 2.79 bits per heavy atom. The molecule has 1 N–H and O–H groups in total. The van der Waals surface area contributed by atoms with Gasteiger partial charge in [-0.2, -0.15) is 0 Å². The van der Waals surface area contributed by atoms with Crippen molar-refractivity contribution in [3.8, 4) is 0 Å². The van der Waals surface area contributed by atoms with Crippen LogP contribution in [-0.4, -0.2) is 12.4 Å². The number of nitrogens with zero attached hydrogens (tertiary/aromatic N) is 1. The van der Waals surface area contributed by atoms with Crippen molar-refractivity contribution in [1.82, 2.24) is 0 Å². The predicted octanol–water partition coefficient (Wildman–Crippen LogP) is 3.06. The first kappa shape index (κ1) is 9.46. The third kappa shape index (κ3) is 1.60. The zero-order valence-corrected chi connectivity index (χ0v) is 8.31. The van der Waals surface area contributed by atoms with Crippen LogP contribution in [0, 0.1) is 11.2 Å². The van der Waals surface area contributed by atoms with Gasteiger partial charge >= 0.3 is 0 Å². The Bertz CT molecular complexity index is 378. The first-order valence-corrected chi connectivity index (χ1v) is 4.86. The van der Waals surface area contributed by atoms with Gasteiger partial charge in [-0.05, 0) is 24.6 Å². The van der Waals surface area contributed by atoms with Crippen molar-refractivity contribution < 1.29 is 4.39 Å². The summed E-state index contributed by atoms with van der Waals surface area (Å²) in [4.78, 5) is 1.82. The molecule has 0 amide bonds. The Morgan fingerprint density at radius 2 is 2.21 bits per heavy atom. The van der Waals surface area contributed by atoms with Crippen molar-refractivity contribution in [2.75, 3.05) is 11.4 Å². The van der Waals surface area contributed by atoms with Gasteiger partial charge in [-0.15, -0.1) is 0 Å². The SMILES string of the molecule is N=C1CCCN1c1ccc(F)cc1Cl. The smallest absolute Gasteiger partial charge is 0.124 e. The minimum absolute atomic E-state index is 0.343. The van der Waals surface area contributed by atoms with E-state index < -0.39 is 0 Å². The second-order valence-electron chi connectivity index (χ2n) is 3.30. The molecule has 2 rings (SSSR count). The molecule has 4 heteroatoms. The van der Waals surface area contributed by atoms with Crippen LogP contribution in [0.2, 0.25) is 5.02 Å². The molecule has 0 radical (unpaired) electrons. The molecule has 1 aromatic rings. The summed E-state index contributed by atoms with van der Waals surface area (Å²) in [5, 5.41) is 8.04. The largest absolute Gasteiger partial charge is 0.329 e. The number of benzene rings is 1. The molecule has 0 atom stereocenters. The number of hydrogen-bond acceptors (Lipinski definition) is 1. The van der Waals surface area contributed by atoms with Crippen LogP contribution < -0.4 is 4.90 Å². The van der Waals surface area contributed by atoms with Gasteiger partial charge in [0.25, 0.3) is 0 Å². The second-order valence-corrected chi connectivity index (χ2v) is 3.70. The summed E-state index contributed by atoms with van der Waals surface area (Å²) in [6, 6.07) is 4.27. The maximum atomic E-state index is 12.8. The third-order valence-electron chi connectivity index (χ3n) is 2.32. The van der Waals surface area contributed by atoms with Gasteiger partial charge in [-0.1, -0.05) is 11.6 Å². The Kier molecular flexibility index (Phi) is 2.42. The Labute approximate surface area is 86.8 Å². The van der Waals surface area contributed by atoms with E-state index >= 15 is 0 Å². The molecule has 1 aliphatic rings. The summed E-state index contributed by atoms with van der Waals surface area (Å²) < 4.78 is 12.8. The monoisotopic (exact) mass is 212 g/mol. The molecule has 0 spiro atoms. The molecule has 2 nitrogen and oxygen atoms in total. The highest BCUT2D eigenvalue weighted by Gasteiger charge is 2.20. The Balaban J connectivity index is 2.36. The number of halogens is 2. The molecular formula is C10H10ClFN2. The van der Waals surface area contributed by atoms with Crippen LogP contribution in [0.3, 0.4) is 0 Å². The minimum atomic E-state index is -0.343. The highest BCUT2D eigenvalue weighted by Crippen LogP contribution is 2.29.